The fourth-order valence-corrected chi connectivity index (χ4v) is 5.55. The first-order chi connectivity index (χ1) is 17.3. The van der Waals surface area contributed by atoms with Crippen LogP contribution in [-0.2, 0) is 0 Å². The molecule has 0 radical (unpaired) electrons. The van der Waals surface area contributed by atoms with E-state index in [1.807, 2.05) is 18.3 Å². The van der Waals surface area contributed by atoms with Crippen molar-refractivity contribution in [3.05, 3.63) is 107 Å². The van der Waals surface area contributed by atoms with Gasteiger partial charge in [0.25, 0.3) is 0 Å². The molecule has 1 saturated heterocycles. The molecule has 184 valence electrons. The van der Waals surface area contributed by atoms with E-state index in [1.54, 1.807) is 0 Å². The Morgan fingerprint density at radius 3 is 2.22 bits per heavy atom. The second-order valence-electron chi connectivity index (χ2n) is 9.84. The van der Waals surface area contributed by atoms with Crippen molar-refractivity contribution < 1.29 is 0 Å². The van der Waals surface area contributed by atoms with Crippen molar-refractivity contribution in [2.45, 2.75) is 39.8 Å². The number of pyridine rings is 1. The number of nitrogens with one attached hydrogen (secondary N) is 1. The number of thiocarbonyl (C=S) groups is 1. The number of hydrogen-bond donors (Lipinski definition) is 1. The Kier molecular flexibility index (Phi) is 6.31. The van der Waals surface area contributed by atoms with Crippen LogP contribution in [0.15, 0.2) is 72.9 Å². The summed E-state index contributed by atoms with van der Waals surface area (Å²) in [4.78, 5) is 9.10. The molecule has 6 heteroatoms. The molecule has 1 N–H and O–H groups in total. The van der Waals surface area contributed by atoms with Crippen molar-refractivity contribution in [2.75, 3.05) is 23.9 Å². The van der Waals surface area contributed by atoms with E-state index in [0.29, 0.717) is 0 Å². The molecular weight excluding hydrogens is 462 g/mol. The maximum Gasteiger partial charge on any atom is 0.174 e. The predicted molar refractivity (Wildman–Crippen MR) is 153 cm³/mol. The summed E-state index contributed by atoms with van der Waals surface area (Å²) in [6, 6.07) is 23.6. The summed E-state index contributed by atoms with van der Waals surface area (Å²) in [5.74, 6) is 0. The first kappa shape index (κ1) is 24.1. The van der Waals surface area contributed by atoms with Crippen LogP contribution < -0.4 is 15.1 Å². The number of hydrogen-bond acceptors (Lipinski definition) is 3. The van der Waals surface area contributed by atoms with E-state index in [4.69, 9.17) is 17.2 Å². The molecule has 0 saturated carbocycles. The monoisotopic (exact) mass is 495 g/mol. The minimum Gasteiger partial charge on any atom is -0.378 e. The highest BCUT2D eigenvalue weighted by Crippen LogP contribution is 2.44. The molecule has 5 nitrogen and oxygen atoms in total. The summed E-state index contributed by atoms with van der Waals surface area (Å²) in [7, 11) is 4.13. The lowest BCUT2D eigenvalue weighted by atomic mass is 9.96. The van der Waals surface area contributed by atoms with E-state index >= 15 is 0 Å². The van der Waals surface area contributed by atoms with Gasteiger partial charge in [0.2, 0.25) is 0 Å². The Morgan fingerprint density at radius 1 is 0.861 bits per heavy atom. The van der Waals surface area contributed by atoms with Gasteiger partial charge in [0, 0.05) is 48.7 Å². The van der Waals surface area contributed by atoms with Crippen LogP contribution >= 0.6 is 12.2 Å². The summed E-state index contributed by atoms with van der Waals surface area (Å²) in [6.07, 6.45) is 1.85. The summed E-state index contributed by atoms with van der Waals surface area (Å²) in [6.45, 7) is 8.67. The average Bonchev–Trinajstić information content (AvgIpc) is 3.36. The molecule has 1 fully saturated rings. The van der Waals surface area contributed by atoms with Gasteiger partial charge in [0.05, 0.1) is 17.8 Å². The van der Waals surface area contributed by atoms with Gasteiger partial charge in [-0.15, -0.1) is 0 Å². The Hall–Kier alpha value is -3.64. The highest BCUT2D eigenvalue weighted by Gasteiger charge is 2.42. The fourth-order valence-electron chi connectivity index (χ4n) is 5.21. The van der Waals surface area contributed by atoms with Crippen LogP contribution in [0.5, 0.6) is 0 Å². The summed E-state index contributed by atoms with van der Waals surface area (Å²) in [5.41, 5.74) is 10.6. The van der Waals surface area contributed by atoms with Crippen LogP contribution in [-0.4, -0.2) is 28.8 Å². The van der Waals surface area contributed by atoms with Gasteiger partial charge in [-0.1, -0.05) is 12.1 Å². The Labute approximate surface area is 219 Å². The minimum absolute atomic E-state index is 0.0319. The largest absolute Gasteiger partial charge is 0.378 e. The van der Waals surface area contributed by atoms with E-state index in [2.05, 4.69) is 116 Å². The van der Waals surface area contributed by atoms with Crippen molar-refractivity contribution >= 4 is 28.7 Å². The topological polar surface area (TPSA) is 36.3 Å². The third kappa shape index (κ3) is 4.16. The van der Waals surface area contributed by atoms with Gasteiger partial charge in [-0.2, -0.15) is 0 Å². The van der Waals surface area contributed by atoms with Gasteiger partial charge in [-0.25, -0.2) is 0 Å². The normalized spacial score (nSPS) is 17.4. The number of nitrogens with zero attached hydrogens (tertiary/aromatic N) is 4. The highest BCUT2D eigenvalue weighted by molar-refractivity contribution is 7.80. The standard InChI is InChI=1S/C30H33N5S/c1-19-10-11-25(17-20(19)2)35-29(28(32-30(35)36)27-9-7-8-16-31-27)26-18-21(3)34(22(26)4)24-14-12-23(13-15-24)33(5)6/h7-18,28-29H,1-6H3,(H,32,36)/t28-,29-/m0/s1. The second kappa shape index (κ2) is 9.43. The van der Waals surface area contributed by atoms with Gasteiger partial charge in [0.15, 0.2) is 5.11 Å². The fraction of sp³-hybridized carbons (Fsp3) is 0.267. The molecule has 36 heavy (non-hydrogen) atoms. The summed E-state index contributed by atoms with van der Waals surface area (Å²) >= 11 is 5.94. The third-order valence-corrected chi connectivity index (χ3v) is 7.59. The summed E-state index contributed by atoms with van der Waals surface area (Å²) < 4.78 is 2.34. The number of aryl methyl sites for hydroxylation is 3. The number of benzene rings is 2. The second-order valence-corrected chi connectivity index (χ2v) is 10.2. The molecule has 0 spiro atoms. The lowest BCUT2D eigenvalue weighted by molar-refractivity contribution is 0.565. The van der Waals surface area contributed by atoms with Crippen molar-refractivity contribution in [1.29, 1.82) is 0 Å². The van der Waals surface area contributed by atoms with E-state index < -0.39 is 0 Å². The summed E-state index contributed by atoms with van der Waals surface area (Å²) in [5, 5.41) is 4.32. The predicted octanol–water partition coefficient (Wildman–Crippen LogP) is 6.35. The molecule has 1 aliphatic heterocycles. The Balaban J connectivity index is 1.65. The zero-order valence-electron chi connectivity index (χ0n) is 21.8. The van der Waals surface area contributed by atoms with E-state index in [1.165, 1.54) is 33.8 Å². The molecule has 5 rings (SSSR count). The minimum atomic E-state index is -0.0645. The van der Waals surface area contributed by atoms with Gasteiger partial charge in [-0.3, -0.25) is 4.98 Å². The SMILES string of the molecule is Cc1ccc(N2C(=S)N[C@@H](c3ccccn3)[C@@H]2c2cc(C)n(-c3ccc(N(C)C)cc3)c2C)cc1C. The van der Waals surface area contributed by atoms with E-state index in [-0.39, 0.29) is 12.1 Å². The van der Waals surface area contributed by atoms with E-state index in [0.717, 1.165) is 22.2 Å². The van der Waals surface area contributed by atoms with Gasteiger partial charge < -0.3 is 19.7 Å². The van der Waals surface area contributed by atoms with Crippen LogP contribution in [0.3, 0.4) is 0 Å². The zero-order chi connectivity index (χ0) is 25.6. The van der Waals surface area contributed by atoms with Crippen LogP contribution in [0.2, 0.25) is 0 Å². The van der Waals surface area contributed by atoms with Crippen LogP contribution in [0.1, 0.15) is 45.9 Å². The molecule has 0 bridgehead atoms. The van der Waals surface area contributed by atoms with Crippen LogP contribution in [0.25, 0.3) is 5.69 Å². The lowest BCUT2D eigenvalue weighted by Crippen LogP contribution is -2.29. The molecule has 0 unspecified atom stereocenters. The number of anilines is 2. The number of aromatic nitrogens is 2. The van der Waals surface area contributed by atoms with Crippen LogP contribution in [0.4, 0.5) is 11.4 Å². The smallest absolute Gasteiger partial charge is 0.174 e. The highest BCUT2D eigenvalue weighted by atomic mass is 32.1. The van der Waals surface area contributed by atoms with Crippen molar-refractivity contribution in [3.8, 4) is 5.69 Å². The molecule has 2 aromatic heterocycles. The van der Waals surface area contributed by atoms with Gasteiger partial charge in [0.1, 0.15) is 0 Å². The molecule has 0 amide bonds. The van der Waals surface area contributed by atoms with Gasteiger partial charge >= 0.3 is 0 Å². The average molecular weight is 496 g/mol. The maximum atomic E-state index is 5.94. The van der Waals surface area contributed by atoms with E-state index in [9.17, 15) is 0 Å². The quantitative estimate of drug-likeness (QED) is 0.327. The Morgan fingerprint density at radius 2 is 1.58 bits per heavy atom. The Bertz CT molecular complexity index is 1410. The molecule has 2 atom stereocenters. The van der Waals surface area contributed by atoms with Crippen molar-refractivity contribution in [3.63, 3.8) is 0 Å². The molecule has 1 aliphatic rings. The molecular formula is C30H33N5S. The zero-order valence-corrected chi connectivity index (χ0v) is 22.6. The molecule has 0 aliphatic carbocycles. The molecule has 4 aromatic rings. The first-order valence-electron chi connectivity index (χ1n) is 12.3. The first-order valence-corrected chi connectivity index (χ1v) is 12.7. The molecule has 3 heterocycles. The van der Waals surface area contributed by atoms with Crippen molar-refractivity contribution in [1.82, 2.24) is 14.9 Å². The molecule has 2 aromatic carbocycles. The van der Waals surface area contributed by atoms with Gasteiger partial charge in [-0.05, 0) is 111 Å². The maximum absolute atomic E-state index is 5.94. The number of rotatable bonds is 5. The third-order valence-electron chi connectivity index (χ3n) is 7.28. The van der Waals surface area contributed by atoms with Crippen molar-refractivity contribution in [2.24, 2.45) is 0 Å². The van der Waals surface area contributed by atoms with Crippen LogP contribution in [0, 0.1) is 27.7 Å². The lowest BCUT2D eigenvalue weighted by Gasteiger charge is -2.28.